The molecular weight excluding hydrogens is 338 g/mol. The molecular formula is C18H28ClN5O. The molecule has 0 spiro atoms. The van der Waals surface area contributed by atoms with Crippen molar-refractivity contribution in [2.45, 2.75) is 25.8 Å². The fraction of sp³-hybridized carbons (Fsp3) is 0.556. The molecule has 1 aromatic rings. The summed E-state index contributed by atoms with van der Waals surface area (Å²) in [6.45, 7) is 5.20. The average molecular weight is 366 g/mol. The summed E-state index contributed by atoms with van der Waals surface area (Å²) < 4.78 is 0. The molecule has 1 aromatic carbocycles. The summed E-state index contributed by atoms with van der Waals surface area (Å²) in [5, 5.41) is 7.48. The number of nitrogens with one attached hydrogen (secondary N) is 2. The zero-order valence-electron chi connectivity index (χ0n) is 15.3. The number of amides is 1. The van der Waals surface area contributed by atoms with Crippen LogP contribution < -0.4 is 15.5 Å². The highest BCUT2D eigenvalue weighted by atomic mass is 35.5. The van der Waals surface area contributed by atoms with Gasteiger partial charge in [-0.3, -0.25) is 9.79 Å². The number of hydrogen-bond donors (Lipinski definition) is 2. The van der Waals surface area contributed by atoms with Crippen LogP contribution in [0.1, 0.15) is 19.8 Å². The molecule has 1 aliphatic rings. The van der Waals surface area contributed by atoms with Crippen molar-refractivity contribution < 1.29 is 4.79 Å². The maximum absolute atomic E-state index is 11.7. The van der Waals surface area contributed by atoms with Crippen molar-refractivity contribution in [1.29, 1.82) is 0 Å². The molecule has 0 saturated carbocycles. The van der Waals surface area contributed by atoms with Crippen LogP contribution in [0.15, 0.2) is 29.3 Å². The van der Waals surface area contributed by atoms with Crippen LogP contribution in [0.2, 0.25) is 5.02 Å². The van der Waals surface area contributed by atoms with Gasteiger partial charge in [-0.15, -0.1) is 0 Å². The number of guanidine groups is 1. The predicted molar refractivity (Wildman–Crippen MR) is 104 cm³/mol. The lowest BCUT2D eigenvalue weighted by Crippen LogP contribution is -2.44. The third-order valence-corrected chi connectivity index (χ3v) is 4.38. The molecule has 7 heteroatoms. The molecule has 1 unspecified atom stereocenters. The van der Waals surface area contributed by atoms with Crippen molar-refractivity contribution in [3.63, 3.8) is 0 Å². The minimum atomic E-state index is 0.0904. The SMILES string of the molecule is CCNC(=NCCC(=O)N(C)C)NC1CCN(c2cccc(Cl)c2)C1. The Bertz CT molecular complexity index is 605. The van der Waals surface area contributed by atoms with Crippen molar-refractivity contribution >= 4 is 29.2 Å². The monoisotopic (exact) mass is 365 g/mol. The fourth-order valence-electron chi connectivity index (χ4n) is 2.79. The lowest BCUT2D eigenvalue weighted by atomic mass is 10.2. The molecule has 0 aromatic heterocycles. The third kappa shape index (κ3) is 6.12. The van der Waals surface area contributed by atoms with Gasteiger partial charge in [0.05, 0.1) is 6.54 Å². The Balaban J connectivity index is 1.88. The van der Waals surface area contributed by atoms with Crippen LogP contribution in [0.3, 0.4) is 0 Å². The Morgan fingerprint density at radius 2 is 2.24 bits per heavy atom. The first-order valence-electron chi connectivity index (χ1n) is 8.75. The van der Waals surface area contributed by atoms with Gasteiger partial charge in [0.1, 0.15) is 0 Å². The minimum Gasteiger partial charge on any atom is -0.369 e. The number of nitrogens with zero attached hydrogens (tertiary/aromatic N) is 3. The van der Waals surface area contributed by atoms with Gasteiger partial charge in [0.15, 0.2) is 5.96 Å². The number of carbonyl (C=O) groups is 1. The minimum absolute atomic E-state index is 0.0904. The Hall–Kier alpha value is -1.95. The van der Waals surface area contributed by atoms with E-state index >= 15 is 0 Å². The lowest BCUT2D eigenvalue weighted by molar-refractivity contribution is -0.128. The van der Waals surface area contributed by atoms with E-state index in [-0.39, 0.29) is 5.91 Å². The second kappa shape index (κ2) is 9.51. The Morgan fingerprint density at radius 3 is 2.92 bits per heavy atom. The maximum atomic E-state index is 11.7. The van der Waals surface area contributed by atoms with E-state index < -0.39 is 0 Å². The molecule has 1 aliphatic heterocycles. The summed E-state index contributed by atoms with van der Waals surface area (Å²) in [7, 11) is 3.52. The first kappa shape index (κ1) is 19.4. The number of rotatable bonds is 6. The van der Waals surface area contributed by atoms with Crippen molar-refractivity contribution in [3.8, 4) is 0 Å². The molecule has 1 amide bonds. The highest BCUT2D eigenvalue weighted by molar-refractivity contribution is 6.30. The highest BCUT2D eigenvalue weighted by Crippen LogP contribution is 2.23. The van der Waals surface area contributed by atoms with Crippen LogP contribution in [-0.2, 0) is 4.79 Å². The van der Waals surface area contributed by atoms with Crippen LogP contribution in [0, 0.1) is 0 Å². The van der Waals surface area contributed by atoms with Gasteiger partial charge in [-0.1, -0.05) is 17.7 Å². The fourth-order valence-corrected chi connectivity index (χ4v) is 2.97. The number of anilines is 1. The Labute approximate surface area is 155 Å². The molecule has 0 aliphatic carbocycles. The number of benzene rings is 1. The molecule has 1 fully saturated rings. The first-order valence-corrected chi connectivity index (χ1v) is 9.13. The average Bonchev–Trinajstić information content (AvgIpc) is 3.03. The summed E-state index contributed by atoms with van der Waals surface area (Å²) >= 11 is 6.09. The lowest BCUT2D eigenvalue weighted by Gasteiger charge is -2.20. The quantitative estimate of drug-likeness (QED) is 0.597. The zero-order valence-corrected chi connectivity index (χ0v) is 16.0. The largest absolute Gasteiger partial charge is 0.369 e. The van der Waals surface area contributed by atoms with E-state index in [0.29, 0.717) is 19.0 Å². The van der Waals surface area contributed by atoms with Gasteiger partial charge in [0, 0.05) is 56.9 Å². The van der Waals surface area contributed by atoms with Gasteiger partial charge >= 0.3 is 0 Å². The number of hydrogen-bond acceptors (Lipinski definition) is 3. The summed E-state index contributed by atoms with van der Waals surface area (Å²) in [4.78, 5) is 20.1. The predicted octanol–water partition coefficient (Wildman–Crippen LogP) is 1.95. The van der Waals surface area contributed by atoms with Crippen LogP contribution in [0.4, 0.5) is 5.69 Å². The van der Waals surface area contributed by atoms with Crippen LogP contribution >= 0.6 is 11.6 Å². The van der Waals surface area contributed by atoms with E-state index in [1.165, 1.54) is 0 Å². The van der Waals surface area contributed by atoms with E-state index in [1.807, 2.05) is 25.1 Å². The Morgan fingerprint density at radius 1 is 1.44 bits per heavy atom. The topological polar surface area (TPSA) is 60.0 Å². The molecule has 1 saturated heterocycles. The second-order valence-electron chi connectivity index (χ2n) is 6.35. The van der Waals surface area contributed by atoms with Gasteiger partial charge < -0.3 is 20.4 Å². The zero-order chi connectivity index (χ0) is 18.2. The first-order chi connectivity index (χ1) is 12.0. The standard InChI is InChI=1S/C18H28ClN5O/c1-4-20-18(21-10-8-17(25)23(2)3)22-15-9-11-24(13-15)16-7-5-6-14(19)12-16/h5-7,12,15H,4,8-11,13H2,1-3H3,(H2,20,21,22). The van der Waals surface area contributed by atoms with Crippen molar-refractivity contribution in [2.24, 2.45) is 4.99 Å². The van der Waals surface area contributed by atoms with Gasteiger partial charge in [-0.2, -0.15) is 0 Å². The van der Waals surface area contributed by atoms with Gasteiger partial charge in [0.2, 0.25) is 5.91 Å². The molecule has 2 rings (SSSR count). The summed E-state index contributed by atoms with van der Waals surface area (Å²) in [5.41, 5.74) is 1.15. The number of halogens is 1. The van der Waals surface area contributed by atoms with E-state index in [1.54, 1.807) is 19.0 Å². The molecule has 0 radical (unpaired) electrons. The van der Waals surface area contributed by atoms with Crippen molar-refractivity contribution in [1.82, 2.24) is 15.5 Å². The molecule has 1 heterocycles. The van der Waals surface area contributed by atoms with E-state index in [4.69, 9.17) is 11.6 Å². The van der Waals surface area contributed by atoms with E-state index in [0.717, 1.165) is 42.7 Å². The molecule has 6 nitrogen and oxygen atoms in total. The van der Waals surface area contributed by atoms with Gasteiger partial charge in [-0.05, 0) is 31.5 Å². The third-order valence-electron chi connectivity index (χ3n) is 4.14. The number of aliphatic imine (C=N–C) groups is 1. The normalized spacial score (nSPS) is 17.5. The van der Waals surface area contributed by atoms with Gasteiger partial charge in [-0.25, -0.2) is 0 Å². The van der Waals surface area contributed by atoms with E-state index in [9.17, 15) is 4.79 Å². The Kier molecular flexibility index (Phi) is 7.37. The van der Waals surface area contributed by atoms with Crippen LogP contribution in [0.25, 0.3) is 0 Å². The smallest absolute Gasteiger partial charge is 0.223 e. The molecule has 0 bridgehead atoms. The molecule has 1 atom stereocenters. The summed E-state index contributed by atoms with van der Waals surface area (Å²) in [6.07, 6.45) is 1.45. The summed E-state index contributed by atoms with van der Waals surface area (Å²) in [5.74, 6) is 0.861. The highest BCUT2D eigenvalue weighted by Gasteiger charge is 2.23. The molecule has 138 valence electrons. The summed E-state index contributed by atoms with van der Waals surface area (Å²) in [6, 6.07) is 8.27. The second-order valence-corrected chi connectivity index (χ2v) is 6.79. The van der Waals surface area contributed by atoms with Gasteiger partial charge in [0.25, 0.3) is 0 Å². The van der Waals surface area contributed by atoms with Crippen LogP contribution in [-0.4, -0.2) is 63.1 Å². The van der Waals surface area contributed by atoms with Crippen LogP contribution in [0.5, 0.6) is 0 Å². The van der Waals surface area contributed by atoms with E-state index in [2.05, 4.69) is 26.6 Å². The van der Waals surface area contributed by atoms with Crippen molar-refractivity contribution in [2.75, 3.05) is 45.2 Å². The molecule has 25 heavy (non-hydrogen) atoms. The van der Waals surface area contributed by atoms with Crippen molar-refractivity contribution in [3.05, 3.63) is 29.3 Å². The number of carbonyl (C=O) groups excluding carboxylic acids is 1. The maximum Gasteiger partial charge on any atom is 0.223 e. The molecule has 2 N–H and O–H groups in total.